The summed E-state index contributed by atoms with van der Waals surface area (Å²) < 4.78 is 5.97. The van der Waals surface area contributed by atoms with Crippen molar-refractivity contribution < 1.29 is 4.42 Å². The van der Waals surface area contributed by atoms with Gasteiger partial charge in [0.1, 0.15) is 11.3 Å². The average molecular weight is 329 g/mol. The van der Waals surface area contributed by atoms with Crippen LogP contribution < -0.4 is 11.1 Å². The van der Waals surface area contributed by atoms with Crippen molar-refractivity contribution in [3.63, 3.8) is 0 Å². The number of nitrogens with zero attached hydrogens (tertiary/aromatic N) is 3. The fourth-order valence-electron chi connectivity index (χ4n) is 2.43. The van der Waals surface area contributed by atoms with Gasteiger partial charge in [0.05, 0.1) is 6.04 Å². The lowest BCUT2D eigenvalue weighted by Gasteiger charge is -2.16. The number of rotatable bonds is 6. The Morgan fingerprint density at radius 1 is 1.26 bits per heavy atom. The number of fused-ring (bicyclic) bond motifs is 1. The Balaban J connectivity index is 1.90. The van der Waals surface area contributed by atoms with Crippen LogP contribution in [0.2, 0.25) is 0 Å². The maximum atomic E-state index is 5.97. The van der Waals surface area contributed by atoms with Gasteiger partial charge in [0.15, 0.2) is 5.16 Å². The summed E-state index contributed by atoms with van der Waals surface area (Å²) >= 11 is 1.43. The summed E-state index contributed by atoms with van der Waals surface area (Å²) in [5, 5.41) is 5.01. The van der Waals surface area contributed by atoms with Gasteiger partial charge in [-0.15, -0.1) is 0 Å². The Morgan fingerprint density at radius 2 is 2.09 bits per heavy atom. The molecule has 0 aliphatic carbocycles. The number of hydrogen-bond donors (Lipinski definition) is 2. The molecule has 0 fully saturated rings. The summed E-state index contributed by atoms with van der Waals surface area (Å²) in [6.45, 7) is 2.13. The van der Waals surface area contributed by atoms with Crippen molar-refractivity contribution in [1.82, 2.24) is 15.0 Å². The molecule has 1 atom stereocenters. The van der Waals surface area contributed by atoms with E-state index >= 15 is 0 Å². The molecule has 1 unspecified atom stereocenters. The summed E-state index contributed by atoms with van der Waals surface area (Å²) in [5.74, 6) is 1.56. The van der Waals surface area contributed by atoms with Crippen molar-refractivity contribution in [2.75, 3.05) is 17.3 Å². The van der Waals surface area contributed by atoms with Crippen LogP contribution in [0.15, 0.2) is 39.9 Å². The molecule has 1 aromatic carbocycles. The van der Waals surface area contributed by atoms with Crippen LogP contribution in [0.4, 0.5) is 11.9 Å². The maximum Gasteiger partial charge on any atom is 0.229 e. The smallest absolute Gasteiger partial charge is 0.229 e. The van der Waals surface area contributed by atoms with Gasteiger partial charge in [0.2, 0.25) is 11.9 Å². The van der Waals surface area contributed by atoms with E-state index in [1.165, 1.54) is 11.8 Å². The maximum absolute atomic E-state index is 5.97. The van der Waals surface area contributed by atoms with Gasteiger partial charge in [-0.1, -0.05) is 43.3 Å². The number of nitrogens with one attached hydrogen (secondary N) is 1. The minimum Gasteiger partial charge on any atom is -0.459 e. The molecule has 0 bridgehead atoms. The van der Waals surface area contributed by atoms with E-state index in [1.54, 1.807) is 0 Å². The molecule has 7 heteroatoms. The van der Waals surface area contributed by atoms with Gasteiger partial charge in [0, 0.05) is 5.39 Å². The summed E-state index contributed by atoms with van der Waals surface area (Å²) in [6, 6.07) is 10.0. The summed E-state index contributed by atoms with van der Waals surface area (Å²) in [7, 11) is 0. The highest BCUT2D eigenvalue weighted by molar-refractivity contribution is 7.98. The van der Waals surface area contributed by atoms with Crippen LogP contribution in [-0.4, -0.2) is 21.2 Å². The van der Waals surface area contributed by atoms with Crippen molar-refractivity contribution in [2.45, 2.75) is 31.0 Å². The number of benzene rings is 1. The third-order valence-corrected chi connectivity index (χ3v) is 4.03. The van der Waals surface area contributed by atoms with Gasteiger partial charge in [-0.25, -0.2) is 0 Å². The fraction of sp³-hybridized carbons (Fsp3) is 0.312. The zero-order valence-electron chi connectivity index (χ0n) is 13.1. The molecule has 3 aromatic rings. The van der Waals surface area contributed by atoms with Crippen LogP contribution >= 0.6 is 11.8 Å². The molecule has 120 valence electrons. The third-order valence-electron chi connectivity index (χ3n) is 3.48. The molecule has 23 heavy (non-hydrogen) atoms. The Bertz CT molecular complexity index is 771. The highest BCUT2D eigenvalue weighted by Crippen LogP contribution is 2.29. The SMILES string of the molecule is CCCC(Nc1nc(N)nc(SC)n1)c1cc2ccccc2o1. The van der Waals surface area contributed by atoms with E-state index in [1.807, 2.05) is 30.5 Å². The fourth-order valence-corrected chi connectivity index (χ4v) is 2.79. The lowest BCUT2D eigenvalue weighted by molar-refractivity contribution is 0.491. The third kappa shape index (κ3) is 3.56. The average Bonchev–Trinajstić information content (AvgIpc) is 2.98. The Labute approximate surface area is 138 Å². The van der Waals surface area contributed by atoms with Crippen LogP contribution in [0.3, 0.4) is 0 Å². The van der Waals surface area contributed by atoms with Gasteiger partial charge < -0.3 is 15.5 Å². The van der Waals surface area contributed by atoms with Gasteiger partial charge in [-0.3, -0.25) is 0 Å². The summed E-state index contributed by atoms with van der Waals surface area (Å²) in [6.07, 6.45) is 3.81. The second-order valence-corrected chi connectivity index (χ2v) is 5.95. The molecule has 0 aliphatic heterocycles. The number of nitrogen functional groups attached to an aromatic ring is 1. The first-order chi connectivity index (χ1) is 11.2. The molecule has 0 saturated carbocycles. The van der Waals surface area contributed by atoms with Crippen molar-refractivity contribution in [2.24, 2.45) is 0 Å². The lowest BCUT2D eigenvalue weighted by atomic mass is 10.1. The van der Waals surface area contributed by atoms with E-state index in [9.17, 15) is 0 Å². The zero-order valence-corrected chi connectivity index (χ0v) is 13.9. The van der Waals surface area contributed by atoms with E-state index in [-0.39, 0.29) is 12.0 Å². The number of nitrogens with two attached hydrogens (primary N) is 1. The number of para-hydroxylation sites is 1. The number of furan rings is 1. The molecular weight excluding hydrogens is 310 g/mol. The molecule has 0 aliphatic rings. The van der Waals surface area contributed by atoms with Crippen molar-refractivity contribution >= 4 is 34.6 Å². The molecular formula is C16H19N5OS. The Morgan fingerprint density at radius 3 is 2.83 bits per heavy atom. The zero-order chi connectivity index (χ0) is 16.2. The Kier molecular flexibility index (Phi) is 4.66. The highest BCUT2D eigenvalue weighted by atomic mass is 32.2. The molecule has 2 heterocycles. The second-order valence-electron chi connectivity index (χ2n) is 5.18. The number of anilines is 2. The summed E-state index contributed by atoms with van der Waals surface area (Å²) in [5.41, 5.74) is 6.63. The van der Waals surface area contributed by atoms with Gasteiger partial charge in [0.25, 0.3) is 0 Å². The lowest BCUT2D eigenvalue weighted by Crippen LogP contribution is -2.14. The monoisotopic (exact) mass is 329 g/mol. The molecule has 2 aromatic heterocycles. The standard InChI is InChI=1S/C16H19N5OS/c1-3-6-11(13-9-10-7-4-5-8-12(10)22-13)18-15-19-14(17)20-16(21-15)23-2/h4-5,7-9,11H,3,6H2,1-2H3,(H3,17,18,19,20,21). The molecule has 6 nitrogen and oxygen atoms in total. The molecule has 0 saturated heterocycles. The molecule has 0 radical (unpaired) electrons. The Hall–Kier alpha value is -2.28. The van der Waals surface area contributed by atoms with E-state index in [0.717, 1.165) is 29.6 Å². The van der Waals surface area contributed by atoms with Gasteiger partial charge in [-0.2, -0.15) is 15.0 Å². The molecule has 0 amide bonds. The number of thioether (sulfide) groups is 1. The first-order valence-electron chi connectivity index (χ1n) is 7.50. The van der Waals surface area contributed by atoms with E-state index in [4.69, 9.17) is 10.2 Å². The van der Waals surface area contributed by atoms with Crippen LogP contribution in [0, 0.1) is 0 Å². The predicted octanol–water partition coefficient (Wildman–Crippen LogP) is 3.88. The largest absolute Gasteiger partial charge is 0.459 e. The highest BCUT2D eigenvalue weighted by Gasteiger charge is 2.17. The predicted molar refractivity (Wildman–Crippen MR) is 93.5 cm³/mol. The normalized spacial score (nSPS) is 12.4. The molecule has 3 rings (SSSR count). The van der Waals surface area contributed by atoms with Crippen LogP contribution in [0.5, 0.6) is 0 Å². The van der Waals surface area contributed by atoms with Crippen molar-refractivity contribution in [3.05, 3.63) is 36.1 Å². The minimum atomic E-state index is -0.0103. The first-order valence-corrected chi connectivity index (χ1v) is 8.72. The molecule has 0 spiro atoms. The van der Waals surface area contributed by atoms with Crippen molar-refractivity contribution in [3.8, 4) is 0 Å². The first kappa shape index (κ1) is 15.6. The summed E-state index contributed by atoms with van der Waals surface area (Å²) in [4.78, 5) is 12.6. The topological polar surface area (TPSA) is 89.9 Å². The van der Waals surface area contributed by atoms with Gasteiger partial charge in [-0.05, 0) is 24.8 Å². The minimum absolute atomic E-state index is 0.0103. The number of aromatic nitrogens is 3. The van der Waals surface area contributed by atoms with Crippen LogP contribution in [0.1, 0.15) is 31.6 Å². The van der Waals surface area contributed by atoms with Crippen LogP contribution in [0.25, 0.3) is 11.0 Å². The van der Waals surface area contributed by atoms with Crippen LogP contribution in [-0.2, 0) is 0 Å². The van der Waals surface area contributed by atoms with Gasteiger partial charge >= 0.3 is 0 Å². The quantitative estimate of drug-likeness (QED) is 0.663. The number of hydrogen-bond acceptors (Lipinski definition) is 7. The second kappa shape index (κ2) is 6.87. The molecule has 3 N–H and O–H groups in total. The van der Waals surface area contributed by atoms with E-state index in [0.29, 0.717) is 11.1 Å². The van der Waals surface area contributed by atoms with Crippen molar-refractivity contribution in [1.29, 1.82) is 0 Å². The van der Waals surface area contributed by atoms with E-state index in [2.05, 4.69) is 33.3 Å². The van der Waals surface area contributed by atoms with E-state index < -0.39 is 0 Å².